The van der Waals surface area contributed by atoms with Crippen molar-refractivity contribution in [1.29, 1.82) is 0 Å². The van der Waals surface area contributed by atoms with E-state index in [1.54, 1.807) is 17.0 Å². The van der Waals surface area contributed by atoms with Crippen LogP contribution >= 0.6 is 11.6 Å². The van der Waals surface area contributed by atoms with Gasteiger partial charge >= 0.3 is 0 Å². The third-order valence-corrected chi connectivity index (χ3v) is 6.31. The summed E-state index contributed by atoms with van der Waals surface area (Å²) in [6.45, 7) is 7.03. The summed E-state index contributed by atoms with van der Waals surface area (Å²) in [5, 5.41) is -0.222. The van der Waals surface area contributed by atoms with Gasteiger partial charge in [0.25, 0.3) is 10.0 Å². The van der Waals surface area contributed by atoms with Crippen molar-refractivity contribution in [3.8, 4) is 0 Å². The largest absolute Gasteiger partial charge is 0.359 e. The molecule has 0 spiro atoms. The van der Waals surface area contributed by atoms with Crippen molar-refractivity contribution in [3.05, 3.63) is 53.3 Å². The lowest BCUT2D eigenvalue weighted by molar-refractivity contribution is -0.898. The number of likely N-dealkylation sites (N-methyl/N-ethyl adjacent to an activating group) is 1. The number of nitrogens with zero attached hydrogens (tertiary/aromatic N) is 1. The summed E-state index contributed by atoms with van der Waals surface area (Å²) in [5.74, 6) is -0.651. The Morgan fingerprint density at radius 3 is 2.54 bits per heavy atom. The molecule has 2 aromatic carbocycles. The number of piperazine rings is 1. The van der Waals surface area contributed by atoms with Gasteiger partial charge in [-0.2, -0.15) is 0 Å². The first-order chi connectivity index (χ1) is 12.4. The molecule has 0 aliphatic carbocycles. The van der Waals surface area contributed by atoms with Gasteiger partial charge in [0.2, 0.25) is 0 Å². The molecule has 26 heavy (non-hydrogen) atoms. The Morgan fingerprint density at radius 2 is 1.88 bits per heavy atom. The van der Waals surface area contributed by atoms with Gasteiger partial charge in [-0.1, -0.05) is 23.7 Å². The van der Waals surface area contributed by atoms with Crippen LogP contribution in [0.2, 0.25) is 5.02 Å². The minimum atomic E-state index is -3.86. The van der Waals surface area contributed by atoms with Crippen molar-refractivity contribution >= 4 is 33.0 Å². The van der Waals surface area contributed by atoms with Gasteiger partial charge in [0, 0.05) is 0 Å². The Morgan fingerprint density at radius 1 is 1.19 bits per heavy atom. The SMILES string of the molecule is CC[NH+]1CCN(c2ccccc2NS(=O)(=O)c2ccc(F)c(Cl)c2)CC1. The van der Waals surface area contributed by atoms with Gasteiger partial charge in [0.15, 0.2) is 0 Å². The fraction of sp³-hybridized carbons (Fsp3) is 0.333. The first-order valence-electron chi connectivity index (χ1n) is 8.56. The summed E-state index contributed by atoms with van der Waals surface area (Å²) in [7, 11) is -3.86. The van der Waals surface area contributed by atoms with E-state index in [-0.39, 0.29) is 9.92 Å². The van der Waals surface area contributed by atoms with E-state index in [0.717, 1.165) is 50.5 Å². The zero-order valence-electron chi connectivity index (χ0n) is 14.5. The molecule has 0 aromatic heterocycles. The quantitative estimate of drug-likeness (QED) is 0.810. The Kier molecular flexibility index (Phi) is 5.70. The van der Waals surface area contributed by atoms with E-state index in [4.69, 9.17) is 11.6 Å². The predicted molar refractivity (Wildman–Crippen MR) is 102 cm³/mol. The average molecular weight is 399 g/mol. The fourth-order valence-electron chi connectivity index (χ4n) is 3.10. The van der Waals surface area contributed by atoms with E-state index in [0.29, 0.717) is 5.69 Å². The predicted octanol–water partition coefficient (Wildman–Crippen LogP) is 2.00. The molecule has 8 heteroatoms. The van der Waals surface area contributed by atoms with Crippen LogP contribution in [0.3, 0.4) is 0 Å². The zero-order valence-corrected chi connectivity index (χ0v) is 16.1. The van der Waals surface area contributed by atoms with Crippen LogP contribution in [0.1, 0.15) is 6.92 Å². The molecular formula is C18H22ClFN3O2S+. The van der Waals surface area contributed by atoms with Crippen LogP contribution in [0.5, 0.6) is 0 Å². The summed E-state index contributed by atoms with van der Waals surface area (Å²) >= 11 is 5.73. The highest BCUT2D eigenvalue weighted by Gasteiger charge is 2.23. The lowest BCUT2D eigenvalue weighted by Crippen LogP contribution is -3.14. The van der Waals surface area contributed by atoms with Crippen LogP contribution in [0.25, 0.3) is 0 Å². The number of nitrogens with one attached hydrogen (secondary N) is 2. The minimum absolute atomic E-state index is 0.0704. The molecule has 0 amide bonds. The molecule has 0 radical (unpaired) electrons. The zero-order chi connectivity index (χ0) is 18.7. The van der Waals surface area contributed by atoms with Gasteiger partial charge in [-0.25, -0.2) is 12.8 Å². The van der Waals surface area contributed by atoms with Gasteiger partial charge in [0.1, 0.15) is 5.82 Å². The summed E-state index contributed by atoms with van der Waals surface area (Å²) in [6.07, 6.45) is 0. The van der Waals surface area contributed by atoms with Crippen LogP contribution < -0.4 is 14.5 Å². The van der Waals surface area contributed by atoms with Crippen LogP contribution in [-0.4, -0.2) is 41.1 Å². The summed E-state index contributed by atoms with van der Waals surface area (Å²) in [5.41, 5.74) is 1.35. The molecule has 0 saturated carbocycles. The highest BCUT2D eigenvalue weighted by Crippen LogP contribution is 2.29. The maximum Gasteiger partial charge on any atom is 0.262 e. The van der Waals surface area contributed by atoms with E-state index in [1.807, 2.05) is 12.1 Å². The fourth-order valence-corrected chi connectivity index (χ4v) is 4.45. The second-order valence-corrected chi connectivity index (χ2v) is 8.38. The molecule has 0 bridgehead atoms. The van der Waals surface area contributed by atoms with Crippen molar-refractivity contribution in [1.82, 2.24) is 0 Å². The number of sulfonamides is 1. The number of para-hydroxylation sites is 2. The first-order valence-corrected chi connectivity index (χ1v) is 10.4. The monoisotopic (exact) mass is 398 g/mol. The van der Waals surface area contributed by atoms with E-state index in [1.165, 1.54) is 6.07 Å². The molecule has 140 valence electrons. The van der Waals surface area contributed by atoms with E-state index < -0.39 is 15.8 Å². The topological polar surface area (TPSA) is 53.9 Å². The Labute approximate surface area is 158 Å². The number of benzene rings is 2. The van der Waals surface area contributed by atoms with Gasteiger partial charge < -0.3 is 9.80 Å². The molecule has 2 N–H and O–H groups in total. The Hall–Kier alpha value is -1.83. The smallest absolute Gasteiger partial charge is 0.262 e. The molecule has 0 atom stereocenters. The highest BCUT2D eigenvalue weighted by atomic mass is 35.5. The van der Waals surface area contributed by atoms with Crippen LogP contribution in [0.15, 0.2) is 47.4 Å². The van der Waals surface area contributed by atoms with Crippen molar-refractivity contribution in [2.24, 2.45) is 0 Å². The van der Waals surface area contributed by atoms with Crippen molar-refractivity contribution in [3.63, 3.8) is 0 Å². The molecule has 0 unspecified atom stereocenters. The standard InChI is InChI=1S/C18H21ClFN3O2S/c1-2-22-9-11-23(12-10-22)18-6-4-3-5-17(18)21-26(24,25)14-7-8-16(20)15(19)13-14/h3-8,13,21H,2,9-12H2,1H3/p+1. The Balaban J connectivity index is 1.85. The number of quaternary nitrogens is 1. The molecule has 1 saturated heterocycles. The van der Waals surface area contributed by atoms with Gasteiger partial charge in [-0.15, -0.1) is 0 Å². The first kappa shape index (κ1) is 18.9. The third kappa shape index (κ3) is 4.11. The van der Waals surface area contributed by atoms with Crippen LogP contribution in [-0.2, 0) is 10.0 Å². The summed E-state index contributed by atoms with van der Waals surface area (Å²) < 4.78 is 41.3. The maximum atomic E-state index is 13.3. The molecule has 1 aliphatic heterocycles. The molecule has 5 nitrogen and oxygen atoms in total. The lowest BCUT2D eigenvalue weighted by Gasteiger charge is -2.34. The number of hydrogen-bond acceptors (Lipinski definition) is 3. The van der Waals surface area contributed by atoms with E-state index in [9.17, 15) is 12.8 Å². The Bertz CT molecular complexity index is 884. The molecule has 2 aromatic rings. The van der Waals surface area contributed by atoms with E-state index >= 15 is 0 Å². The molecular weight excluding hydrogens is 377 g/mol. The number of rotatable bonds is 5. The number of hydrogen-bond donors (Lipinski definition) is 2. The van der Waals surface area contributed by atoms with Crippen LogP contribution in [0, 0.1) is 5.82 Å². The van der Waals surface area contributed by atoms with Gasteiger partial charge in [-0.05, 0) is 37.3 Å². The summed E-state index contributed by atoms with van der Waals surface area (Å²) in [6, 6.07) is 10.7. The van der Waals surface area contributed by atoms with Crippen molar-refractivity contribution < 1.29 is 17.7 Å². The third-order valence-electron chi connectivity index (χ3n) is 4.66. The molecule has 1 heterocycles. The molecule has 1 aliphatic rings. The average Bonchev–Trinajstić information content (AvgIpc) is 2.64. The van der Waals surface area contributed by atoms with Crippen molar-refractivity contribution in [2.75, 3.05) is 42.3 Å². The second kappa shape index (κ2) is 7.82. The van der Waals surface area contributed by atoms with E-state index in [2.05, 4.69) is 16.5 Å². The minimum Gasteiger partial charge on any atom is -0.359 e. The summed E-state index contributed by atoms with van der Waals surface area (Å²) in [4.78, 5) is 3.66. The maximum absolute atomic E-state index is 13.3. The normalized spacial score (nSPS) is 15.9. The lowest BCUT2D eigenvalue weighted by atomic mass is 10.2. The van der Waals surface area contributed by atoms with Gasteiger partial charge in [0.05, 0.1) is 54.0 Å². The highest BCUT2D eigenvalue weighted by molar-refractivity contribution is 7.92. The van der Waals surface area contributed by atoms with Gasteiger partial charge in [-0.3, -0.25) is 4.72 Å². The van der Waals surface area contributed by atoms with Crippen molar-refractivity contribution in [2.45, 2.75) is 11.8 Å². The molecule has 3 rings (SSSR count). The van der Waals surface area contributed by atoms with Crippen LogP contribution in [0.4, 0.5) is 15.8 Å². The second-order valence-electron chi connectivity index (χ2n) is 6.29. The molecule has 1 fully saturated rings. The number of halogens is 2. The number of anilines is 2.